The molecule has 0 amide bonds. The first-order valence-corrected chi connectivity index (χ1v) is 3.94. The van der Waals surface area contributed by atoms with Crippen LogP contribution >= 0.6 is 0 Å². The van der Waals surface area contributed by atoms with Crippen LogP contribution in [-0.2, 0) is 19.1 Å². The van der Waals surface area contributed by atoms with Crippen LogP contribution in [0.2, 0.25) is 0 Å². The van der Waals surface area contributed by atoms with Crippen molar-refractivity contribution >= 4 is 11.8 Å². The number of ketones is 1. The fraction of sp³-hybridized carbons (Fsp3) is 0.556. The maximum Gasteiger partial charge on any atom is 0.345 e. The third kappa shape index (κ3) is 4.30. The highest BCUT2D eigenvalue weighted by molar-refractivity contribution is 6.16. The van der Waals surface area contributed by atoms with E-state index in [4.69, 9.17) is 4.74 Å². The van der Waals surface area contributed by atoms with Gasteiger partial charge >= 0.3 is 5.97 Å². The van der Waals surface area contributed by atoms with Crippen LogP contribution in [-0.4, -0.2) is 25.0 Å². The summed E-state index contributed by atoms with van der Waals surface area (Å²) in [5, 5.41) is 0. The molecule has 0 radical (unpaired) electrons. The fourth-order valence-electron chi connectivity index (χ4n) is 0.670. The second kappa shape index (κ2) is 5.35. The zero-order valence-corrected chi connectivity index (χ0v) is 8.29. The molecule has 13 heavy (non-hydrogen) atoms. The normalized spacial score (nSPS) is 11.3. The Labute approximate surface area is 77.5 Å². The Hall–Kier alpha value is -1.32. The first-order valence-electron chi connectivity index (χ1n) is 3.94. The van der Waals surface area contributed by atoms with E-state index in [0.717, 1.165) is 6.26 Å². The van der Waals surface area contributed by atoms with E-state index in [9.17, 15) is 9.59 Å². The van der Waals surface area contributed by atoms with Gasteiger partial charge in [-0.2, -0.15) is 0 Å². The summed E-state index contributed by atoms with van der Waals surface area (Å²) in [6.07, 6.45) is 0.847. The number of hydrogen-bond donors (Lipinski definition) is 0. The molecule has 0 rings (SSSR count). The summed E-state index contributed by atoms with van der Waals surface area (Å²) in [5.41, 5.74) is -0.0730. The third-order valence-corrected chi connectivity index (χ3v) is 1.18. The van der Waals surface area contributed by atoms with Crippen molar-refractivity contribution in [2.75, 3.05) is 7.11 Å². The van der Waals surface area contributed by atoms with Crippen molar-refractivity contribution in [1.82, 2.24) is 0 Å². The highest BCUT2D eigenvalue weighted by Crippen LogP contribution is 2.02. The second-order valence-electron chi connectivity index (χ2n) is 2.78. The SMILES string of the molecule is COC=C(C(C)=O)C(=O)OC(C)C. The lowest BCUT2D eigenvalue weighted by Gasteiger charge is -2.08. The minimum absolute atomic E-state index is 0.0730. The van der Waals surface area contributed by atoms with E-state index in [1.54, 1.807) is 13.8 Å². The summed E-state index contributed by atoms with van der Waals surface area (Å²) >= 11 is 0. The summed E-state index contributed by atoms with van der Waals surface area (Å²) in [4.78, 5) is 22.1. The minimum Gasteiger partial charge on any atom is -0.503 e. The van der Waals surface area contributed by atoms with Gasteiger partial charge in [-0.15, -0.1) is 0 Å². The molecule has 4 nitrogen and oxygen atoms in total. The lowest BCUT2D eigenvalue weighted by molar-refractivity contribution is -0.143. The average Bonchev–Trinajstić information content (AvgIpc) is 1.97. The van der Waals surface area contributed by atoms with Gasteiger partial charge in [-0.25, -0.2) is 4.79 Å². The lowest BCUT2D eigenvalue weighted by atomic mass is 10.2. The Kier molecular flexibility index (Phi) is 4.80. The molecular formula is C9H14O4. The van der Waals surface area contributed by atoms with Crippen molar-refractivity contribution < 1.29 is 19.1 Å². The van der Waals surface area contributed by atoms with Gasteiger partial charge < -0.3 is 9.47 Å². The molecule has 0 unspecified atom stereocenters. The highest BCUT2D eigenvalue weighted by atomic mass is 16.5. The van der Waals surface area contributed by atoms with E-state index >= 15 is 0 Å². The van der Waals surface area contributed by atoms with Crippen molar-refractivity contribution in [2.24, 2.45) is 0 Å². The van der Waals surface area contributed by atoms with E-state index in [0.29, 0.717) is 0 Å². The zero-order valence-electron chi connectivity index (χ0n) is 8.29. The third-order valence-electron chi connectivity index (χ3n) is 1.18. The standard InChI is InChI=1S/C9H14O4/c1-6(2)13-9(11)8(5-12-4)7(3)10/h5-6H,1-4H3. The second-order valence-corrected chi connectivity index (χ2v) is 2.78. The first kappa shape index (κ1) is 11.7. The van der Waals surface area contributed by atoms with Crippen LogP contribution < -0.4 is 0 Å². The first-order chi connectivity index (χ1) is 5.99. The van der Waals surface area contributed by atoms with Gasteiger partial charge in [0, 0.05) is 0 Å². The molecule has 0 aromatic carbocycles. The molecule has 0 aliphatic rings. The van der Waals surface area contributed by atoms with Gasteiger partial charge in [-0.1, -0.05) is 0 Å². The van der Waals surface area contributed by atoms with Crippen LogP contribution in [0.15, 0.2) is 11.8 Å². The molecule has 0 saturated carbocycles. The molecule has 0 saturated heterocycles. The van der Waals surface area contributed by atoms with Crippen LogP contribution in [0.3, 0.4) is 0 Å². The number of hydrogen-bond acceptors (Lipinski definition) is 4. The van der Waals surface area contributed by atoms with Crippen LogP contribution in [0.4, 0.5) is 0 Å². The number of methoxy groups -OCH3 is 1. The van der Waals surface area contributed by atoms with Gasteiger partial charge in [-0.05, 0) is 20.8 Å². The molecule has 0 heterocycles. The van der Waals surface area contributed by atoms with Gasteiger partial charge in [-0.3, -0.25) is 4.79 Å². The predicted octanol–water partition coefficient (Wildman–Crippen LogP) is 1.06. The molecule has 0 spiro atoms. The molecule has 0 aromatic heterocycles. The summed E-state index contributed by atoms with van der Waals surface area (Å²) < 4.78 is 9.40. The van der Waals surface area contributed by atoms with Crippen LogP contribution in [0.5, 0.6) is 0 Å². The molecule has 0 aliphatic carbocycles. The summed E-state index contributed by atoms with van der Waals surface area (Å²) in [6, 6.07) is 0. The smallest absolute Gasteiger partial charge is 0.345 e. The number of carbonyl (C=O) groups excluding carboxylic acids is 2. The minimum atomic E-state index is -0.649. The Balaban J connectivity index is 4.48. The number of ether oxygens (including phenoxy) is 2. The summed E-state index contributed by atoms with van der Waals surface area (Å²) in [5.74, 6) is -1.02. The van der Waals surface area contributed by atoms with Crippen LogP contribution in [0.1, 0.15) is 20.8 Å². The van der Waals surface area contributed by atoms with E-state index in [1.807, 2.05) is 0 Å². The number of Topliss-reactive ketones (excluding diaryl/α,β-unsaturated/α-hetero) is 1. The van der Waals surface area contributed by atoms with Crippen molar-refractivity contribution in [3.63, 3.8) is 0 Å². The fourth-order valence-corrected chi connectivity index (χ4v) is 0.670. The van der Waals surface area contributed by atoms with E-state index in [-0.39, 0.29) is 17.5 Å². The molecule has 74 valence electrons. The largest absolute Gasteiger partial charge is 0.503 e. The molecular weight excluding hydrogens is 172 g/mol. The molecule has 0 aliphatic heterocycles. The maximum atomic E-state index is 11.2. The van der Waals surface area contributed by atoms with Crippen molar-refractivity contribution in [1.29, 1.82) is 0 Å². The Morgan fingerprint density at radius 2 is 1.85 bits per heavy atom. The number of rotatable bonds is 4. The van der Waals surface area contributed by atoms with E-state index in [2.05, 4.69) is 4.74 Å². The molecule has 0 N–H and O–H groups in total. The predicted molar refractivity (Wildman–Crippen MR) is 47.0 cm³/mol. The van der Waals surface area contributed by atoms with Crippen LogP contribution in [0, 0.1) is 0 Å². The maximum absolute atomic E-state index is 11.2. The van der Waals surface area contributed by atoms with Gasteiger partial charge in [0.25, 0.3) is 0 Å². The van der Waals surface area contributed by atoms with Gasteiger partial charge in [0.1, 0.15) is 11.8 Å². The van der Waals surface area contributed by atoms with Gasteiger partial charge in [0.05, 0.1) is 13.2 Å². The Morgan fingerprint density at radius 3 is 2.15 bits per heavy atom. The number of esters is 1. The summed E-state index contributed by atoms with van der Waals surface area (Å²) in [7, 11) is 1.37. The Morgan fingerprint density at radius 1 is 1.31 bits per heavy atom. The zero-order chi connectivity index (χ0) is 10.4. The van der Waals surface area contributed by atoms with Crippen LogP contribution in [0.25, 0.3) is 0 Å². The topological polar surface area (TPSA) is 52.6 Å². The Bertz CT molecular complexity index is 228. The molecule has 0 aromatic rings. The van der Waals surface area contributed by atoms with Crippen molar-refractivity contribution in [3.05, 3.63) is 11.8 Å². The lowest BCUT2D eigenvalue weighted by Crippen LogP contribution is -2.17. The molecule has 0 bridgehead atoms. The van der Waals surface area contributed by atoms with Crippen molar-refractivity contribution in [3.8, 4) is 0 Å². The quantitative estimate of drug-likeness (QED) is 0.216. The highest BCUT2D eigenvalue weighted by Gasteiger charge is 2.17. The van der Waals surface area contributed by atoms with E-state index < -0.39 is 5.97 Å². The average molecular weight is 186 g/mol. The monoisotopic (exact) mass is 186 g/mol. The van der Waals surface area contributed by atoms with Gasteiger partial charge in [0.2, 0.25) is 0 Å². The summed E-state index contributed by atoms with van der Waals surface area (Å²) in [6.45, 7) is 4.71. The molecule has 0 fully saturated rings. The van der Waals surface area contributed by atoms with Gasteiger partial charge in [0.15, 0.2) is 5.78 Å². The molecule has 4 heteroatoms. The van der Waals surface area contributed by atoms with E-state index in [1.165, 1.54) is 14.0 Å². The molecule has 0 atom stereocenters. The van der Waals surface area contributed by atoms with Crippen molar-refractivity contribution in [2.45, 2.75) is 26.9 Å². The number of carbonyl (C=O) groups is 2.